The number of ether oxygens (including phenoxy) is 1. The highest BCUT2D eigenvalue weighted by Gasteiger charge is 2.09. The van der Waals surface area contributed by atoms with E-state index < -0.39 is 0 Å². The molecule has 2 radical (unpaired) electrons. The maximum Gasteiger partial charge on any atom is 0.142 e. The first-order valence-corrected chi connectivity index (χ1v) is 5.63. The molecule has 18 heavy (non-hydrogen) atoms. The molecule has 0 saturated carbocycles. The van der Waals surface area contributed by atoms with Crippen molar-refractivity contribution in [3.05, 3.63) is 53.8 Å². The zero-order chi connectivity index (χ0) is 13.1. The molecule has 90 valence electrons. The third-order valence-corrected chi connectivity index (χ3v) is 2.68. The Morgan fingerprint density at radius 3 is 2.50 bits per heavy atom. The van der Waals surface area contributed by atoms with Crippen molar-refractivity contribution in [2.45, 2.75) is 13.0 Å². The highest BCUT2D eigenvalue weighted by Crippen LogP contribution is 2.25. The molecule has 0 bridgehead atoms. The number of anilines is 1. The molecule has 0 aliphatic carbocycles. The lowest BCUT2D eigenvalue weighted by molar-refractivity contribution is 0.228. The van der Waals surface area contributed by atoms with Crippen LogP contribution in [0.4, 0.5) is 10.1 Å². The number of hydrogen-bond donors (Lipinski definition) is 1. The summed E-state index contributed by atoms with van der Waals surface area (Å²) in [4.78, 5) is 0. The third-order valence-electron chi connectivity index (χ3n) is 2.68. The fourth-order valence-electron chi connectivity index (χ4n) is 1.65. The molecule has 2 N–H and O–H groups in total. The predicted molar refractivity (Wildman–Crippen MR) is 71.7 cm³/mol. The lowest BCUT2D eigenvalue weighted by Crippen LogP contribution is -2.09. The van der Waals surface area contributed by atoms with Crippen LogP contribution in [0.2, 0.25) is 0 Å². The molecule has 1 unspecified atom stereocenters. The molecular weight excluding hydrogens is 228 g/mol. The first-order valence-electron chi connectivity index (χ1n) is 5.63. The first-order chi connectivity index (χ1) is 8.56. The molecular formula is C14H13BFNO. The standard InChI is InChI=1S/C14H13BFNO/c1-9(10-2-5-12(16)6-3-10)18-14-8-11(15)4-7-13(14)17/h2-9H,17H2,1H3. The van der Waals surface area contributed by atoms with Crippen molar-refractivity contribution in [1.82, 2.24) is 0 Å². The Balaban J connectivity index is 2.18. The summed E-state index contributed by atoms with van der Waals surface area (Å²) in [6.45, 7) is 1.87. The van der Waals surface area contributed by atoms with E-state index in [1.54, 1.807) is 30.3 Å². The Bertz CT molecular complexity index is 542. The fraction of sp³-hybridized carbons (Fsp3) is 0.143. The van der Waals surface area contributed by atoms with Crippen LogP contribution in [0.3, 0.4) is 0 Å². The van der Waals surface area contributed by atoms with Gasteiger partial charge in [0, 0.05) is 0 Å². The van der Waals surface area contributed by atoms with E-state index >= 15 is 0 Å². The molecule has 2 nitrogen and oxygen atoms in total. The highest BCUT2D eigenvalue weighted by molar-refractivity contribution is 6.32. The zero-order valence-electron chi connectivity index (χ0n) is 10.1. The van der Waals surface area contributed by atoms with Crippen LogP contribution in [-0.4, -0.2) is 7.85 Å². The van der Waals surface area contributed by atoms with Gasteiger partial charge in [0.05, 0.1) is 5.69 Å². The van der Waals surface area contributed by atoms with Crippen molar-refractivity contribution < 1.29 is 9.13 Å². The van der Waals surface area contributed by atoms with Crippen molar-refractivity contribution in [2.24, 2.45) is 0 Å². The molecule has 0 spiro atoms. The Hall–Kier alpha value is -1.97. The van der Waals surface area contributed by atoms with E-state index in [0.29, 0.717) is 16.9 Å². The van der Waals surface area contributed by atoms with E-state index in [-0.39, 0.29) is 11.9 Å². The van der Waals surface area contributed by atoms with E-state index in [0.717, 1.165) is 5.56 Å². The summed E-state index contributed by atoms with van der Waals surface area (Å²) in [7, 11) is 5.68. The molecule has 0 aromatic heterocycles. The summed E-state index contributed by atoms with van der Waals surface area (Å²) in [5.41, 5.74) is 7.79. The van der Waals surface area contributed by atoms with Crippen LogP contribution in [0.25, 0.3) is 0 Å². The number of nitrogens with two attached hydrogens (primary N) is 1. The molecule has 0 amide bonds. The average Bonchev–Trinajstić information content (AvgIpc) is 2.34. The normalized spacial score (nSPS) is 12.1. The second-order valence-electron chi connectivity index (χ2n) is 4.11. The summed E-state index contributed by atoms with van der Waals surface area (Å²) >= 11 is 0. The molecule has 2 aromatic carbocycles. The number of hydrogen-bond acceptors (Lipinski definition) is 2. The van der Waals surface area contributed by atoms with E-state index in [1.165, 1.54) is 12.1 Å². The van der Waals surface area contributed by atoms with Gasteiger partial charge in [0.25, 0.3) is 0 Å². The van der Waals surface area contributed by atoms with Gasteiger partial charge in [0.1, 0.15) is 25.5 Å². The number of nitrogen functional groups attached to an aromatic ring is 1. The summed E-state index contributed by atoms with van der Waals surface area (Å²) in [6, 6.07) is 11.3. The van der Waals surface area contributed by atoms with Gasteiger partial charge in [0.2, 0.25) is 0 Å². The topological polar surface area (TPSA) is 35.2 Å². The number of rotatable bonds is 3. The molecule has 1 atom stereocenters. The van der Waals surface area contributed by atoms with Crippen LogP contribution in [0.15, 0.2) is 42.5 Å². The highest BCUT2D eigenvalue weighted by atomic mass is 19.1. The minimum absolute atomic E-state index is 0.227. The van der Waals surface area contributed by atoms with Gasteiger partial charge in [-0.05, 0) is 36.8 Å². The van der Waals surface area contributed by atoms with Crippen LogP contribution >= 0.6 is 0 Å². The van der Waals surface area contributed by atoms with E-state index in [9.17, 15) is 4.39 Å². The van der Waals surface area contributed by atoms with E-state index in [2.05, 4.69) is 0 Å². The first kappa shape index (κ1) is 12.5. The van der Waals surface area contributed by atoms with Crippen molar-refractivity contribution in [2.75, 3.05) is 5.73 Å². The smallest absolute Gasteiger partial charge is 0.142 e. The maximum atomic E-state index is 12.8. The van der Waals surface area contributed by atoms with Gasteiger partial charge in [-0.1, -0.05) is 23.7 Å². The van der Waals surface area contributed by atoms with Crippen LogP contribution in [0.5, 0.6) is 5.75 Å². The maximum absolute atomic E-state index is 12.8. The molecule has 2 aromatic rings. The lowest BCUT2D eigenvalue weighted by atomic mass is 9.96. The molecule has 0 aliphatic rings. The van der Waals surface area contributed by atoms with Gasteiger partial charge in [-0.15, -0.1) is 0 Å². The van der Waals surface area contributed by atoms with Crippen molar-refractivity contribution in [3.63, 3.8) is 0 Å². The number of halogens is 1. The van der Waals surface area contributed by atoms with Crippen LogP contribution in [-0.2, 0) is 0 Å². The van der Waals surface area contributed by atoms with Crippen LogP contribution in [0, 0.1) is 5.82 Å². The Kier molecular flexibility index (Phi) is 3.56. The van der Waals surface area contributed by atoms with Gasteiger partial charge in [-0.3, -0.25) is 0 Å². The van der Waals surface area contributed by atoms with Crippen LogP contribution in [0.1, 0.15) is 18.6 Å². The molecule has 0 heterocycles. The van der Waals surface area contributed by atoms with Gasteiger partial charge < -0.3 is 10.5 Å². The molecule has 0 saturated heterocycles. The van der Waals surface area contributed by atoms with Gasteiger partial charge in [0.15, 0.2) is 0 Å². The Morgan fingerprint density at radius 1 is 1.17 bits per heavy atom. The number of benzene rings is 2. The minimum atomic E-state index is -0.269. The molecule has 0 fully saturated rings. The van der Waals surface area contributed by atoms with Crippen molar-refractivity contribution >= 4 is 19.0 Å². The largest absolute Gasteiger partial charge is 0.484 e. The lowest BCUT2D eigenvalue weighted by Gasteiger charge is -2.17. The minimum Gasteiger partial charge on any atom is -0.484 e. The molecule has 4 heteroatoms. The zero-order valence-corrected chi connectivity index (χ0v) is 10.1. The average molecular weight is 241 g/mol. The Labute approximate surface area is 107 Å². The quantitative estimate of drug-likeness (QED) is 0.661. The molecule has 0 aliphatic heterocycles. The third kappa shape index (κ3) is 2.83. The second kappa shape index (κ2) is 5.13. The van der Waals surface area contributed by atoms with Gasteiger partial charge in [-0.2, -0.15) is 0 Å². The SMILES string of the molecule is [B]c1ccc(N)c(OC(C)c2ccc(F)cc2)c1. The Morgan fingerprint density at radius 2 is 1.83 bits per heavy atom. The predicted octanol–water partition coefficient (Wildman–Crippen LogP) is 2.34. The van der Waals surface area contributed by atoms with Crippen molar-refractivity contribution in [3.8, 4) is 5.75 Å². The van der Waals surface area contributed by atoms with Gasteiger partial charge >= 0.3 is 0 Å². The summed E-state index contributed by atoms with van der Waals surface area (Å²) in [5, 5.41) is 0. The summed E-state index contributed by atoms with van der Waals surface area (Å²) in [5.74, 6) is 0.265. The van der Waals surface area contributed by atoms with Crippen LogP contribution < -0.4 is 15.9 Å². The summed E-state index contributed by atoms with van der Waals surface area (Å²) in [6.07, 6.45) is -0.227. The fourth-order valence-corrected chi connectivity index (χ4v) is 1.65. The van der Waals surface area contributed by atoms with E-state index in [4.69, 9.17) is 18.3 Å². The molecule has 2 rings (SSSR count). The van der Waals surface area contributed by atoms with Crippen molar-refractivity contribution in [1.29, 1.82) is 0 Å². The summed E-state index contributed by atoms with van der Waals surface area (Å²) < 4.78 is 18.5. The van der Waals surface area contributed by atoms with Gasteiger partial charge in [-0.25, -0.2) is 4.39 Å². The monoisotopic (exact) mass is 241 g/mol. The second-order valence-corrected chi connectivity index (χ2v) is 4.11. The van der Waals surface area contributed by atoms with E-state index in [1.807, 2.05) is 6.92 Å².